The minimum atomic E-state index is -0.622. The van der Waals surface area contributed by atoms with Gasteiger partial charge in [-0.25, -0.2) is 9.79 Å². The van der Waals surface area contributed by atoms with Gasteiger partial charge in [-0.05, 0) is 36.8 Å². The minimum Gasteiger partial charge on any atom is -0.454 e. The van der Waals surface area contributed by atoms with E-state index in [1.54, 1.807) is 37.3 Å². The number of nitro benzene ring substituents is 1. The van der Waals surface area contributed by atoms with E-state index in [2.05, 4.69) is 4.99 Å². The van der Waals surface area contributed by atoms with Crippen molar-refractivity contribution in [2.24, 2.45) is 4.99 Å². The molecule has 0 fully saturated rings. The minimum absolute atomic E-state index is 0.0446. The molecule has 0 radical (unpaired) electrons. The van der Waals surface area contributed by atoms with Crippen LogP contribution in [-0.4, -0.2) is 23.6 Å². The first kappa shape index (κ1) is 15.8. The largest absolute Gasteiger partial charge is 0.454 e. The third kappa shape index (κ3) is 2.67. The molecular weight excluding hydrogens is 340 g/mol. The fourth-order valence-electron chi connectivity index (χ4n) is 2.74. The summed E-state index contributed by atoms with van der Waals surface area (Å²) in [6.07, 6.45) is 1.56. The second-order valence-electron chi connectivity index (χ2n) is 5.66. The molecule has 0 saturated heterocycles. The molecule has 8 nitrogen and oxygen atoms in total. The van der Waals surface area contributed by atoms with E-state index in [1.807, 2.05) is 0 Å². The molecule has 2 aliphatic heterocycles. The highest BCUT2D eigenvalue weighted by Crippen LogP contribution is 2.33. The fourth-order valence-corrected chi connectivity index (χ4v) is 2.74. The van der Waals surface area contributed by atoms with E-state index in [4.69, 9.17) is 14.2 Å². The molecule has 26 heavy (non-hydrogen) atoms. The van der Waals surface area contributed by atoms with Crippen LogP contribution in [0.2, 0.25) is 0 Å². The Labute approximate surface area is 147 Å². The summed E-state index contributed by atoms with van der Waals surface area (Å²) in [6, 6.07) is 9.77. The Morgan fingerprint density at radius 3 is 2.81 bits per heavy atom. The molecule has 0 aliphatic carbocycles. The van der Waals surface area contributed by atoms with Crippen LogP contribution >= 0.6 is 0 Å². The maximum atomic E-state index is 12.1. The van der Waals surface area contributed by atoms with Crippen molar-refractivity contribution in [1.29, 1.82) is 0 Å². The highest BCUT2D eigenvalue weighted by atomic mass is 16.7. The topological polar surface area (TPSA) is 100 Å². The van der Waals surface area contributed by atoms with Gasteiger partial charge in [0.1, 0.15) is 0 Å². The molecule has 130 valence electrons. The van der Waals surface area contributed by atoms with Gasteiger partial charge in [0.05, 0.1) is 4.92 Å². The lowest BCUT2D eigenvalue weighted by atomic mass is 10.1. The summed E-state index contributed by atoms with van der Waals surface area (Å²) < 4.78 is 15.8. The van der Waals surface area contributed by atoms with Crippen molar-refractivity contribution >= 4 is 23.6 Å². The number of nitro groups is 1. The van der Waals surface area contributed by atoms with Crippen molar-refractivity contribution in [3.8, 4) is 11.5 Å². The quantitative estimate of drug-likeness (QED) is 0.364. The number of fused-ring (bicyclic) bond motifs is 1. The lowest BCUT2D eigenvalue weighted by Crippen LogP contribution is -2.08. The molecule has 8 heteroatoms. The van der Waals surface area contributed by atoms with Crippen LogP contribution in [0.25, 0.3) is 6.08 Å². The lowest BCUT2D eigenvalue weighted by molar-refractivity contribution is -0.385. The molecule has 0 N–H and O–H groups in total. The van der Waals surface area contributed by atoms with Gasteiger partial charge in [0.2, 0.25) is 12.7 Å². The first-order valence-corrected chi connectivity index (χ1v) is 7.69. The van der Waals surface area contributed by atoms with Gasteiger partial charge in [-0.2, -0.15) is 0 Å². The van der Waals surface area contributed by atoms with Crippen molar-refractivity contribution in [2.75, 3.05) is 6.79 Å². The van der Waals surface area contributed by atoms with E-state index in [0.717, 1.165) is 0 Å². The van der Waals surface area contributed by atoms with Gasteiger partial charge in [-0.1, -0.05) is 12.1 Å². The Morgan fingerprint density at radius 2 is 2.00 bits per heavy atom. The maximum Gasteiger partial charge on any atom is 0.363 e. The molecule has 0 saturated carbocycles. The normalized spacial score (nSPS) is 16.6. The fraction of sp³-hybridized carbons (Fsp3) is 0.111. The van der Waals surface area contributed by atoms with Crippen molar-refractivity contribution in [3.05, 3.63) is 68.9 Å². The average molecular weight is 352 g/mol. The number of rotatable bonds is 3. The number of esters is 1. The predicted molar refractivity (Wildman–Crippen MR) is 91.0 cm³/mol. The number of cyclic esters (lactones) is 1. The first-order chi connectivity index (χ1) is 12.5. The first-order valence-electron chi connectivity index (χ1n) is 7.69. The summed E-state index contributed by atoms with van der Waals surface area (Å²) in [4.78, 5) is 26.9. The second kappa shape index (κ2) is 5.99. The number of nitrogens with zero attached hydrogens (tertiary/aromatic N) is 2. The van der Waals surface area contributed by atoms with E-state index in [1.165, 1.54) is 12.1 Å². The molecule has 2 aromatic rings. The van der Waals surface area contributed by atoms with E-state index >= 15 is 0 Å². The number of aliphatic imine (C=N–C) groups is 1. The van der Waals surface area contributed by atoms with E-state index in [0.29, 0.717) is 28.2 Å². The van der Waals surface area contributed by atoms with Gasteiger partial charge in [0.25, 0.3) is 5.69 Å². The summed E-state index contributed by atoms with van der Waals surface area (Å²) in [5.74, 6) is 0.647. The Morgan fingerprint density at radius 1 is 1.19 bits per heavy atom. The van der Waals surface area contributed by atoms with Crippen molar-refractivity contribution in [2.45, 2.75) is 6.92 Å². The van der Waals surface area contributed by atoms with E-state index < -0.39 is 10.9 Å². The van der Waals surface area contributed by atoms with Gasteiger partial charge in [-0.3, -0.25) is 10.1 Å². The Kier molecular flexibility index (Phi) is 3.65. The molecule has 0 aromatic heterocycles. The third-order valence-corrected chi connectivity index (χ3v) is 4.05. The van der Waals surface area contributed by atoms with Crippen LogP contribution in [0.15, 0.2) is 47.1 Å². The number of benzene rings is 2. The van der Waals surface area contributed by atoms with E-state index in [-0.39, 0.29) is 24.1 Å². The van der Waals surface area contributed by atoms with Gasteiger partial charge >= 0.3 is 5.97 Å². The molecular formula is C18H12N2O6. The molecule has 0 spiro atoms. The third-order valence-electron chi connectivity index (χ3n) is 4.05. The van der Waals surface area contributed by atoms with Crippen LogP contribution in [0, 0.1) is 17.0 Å². The number of ether oxygens (including phenoxy) is 3. The second-order valence-corrected chi connectivity index (χ2v) is 5.66. The monoisotopic (exact) mass is 352 g/mol. The Bertz CT molecular complexity index is 1010. The van der Waals surface area contributed by atoms with Crippen molar-refractivity contribution < 1.29 is 23.9 Å². The SMILES string of the molecule is Cc1c(C2=N/C(=C/c3ccc4c(c3)OCO4)C(=O)O2)cccc1[N+](=O)[O-]. The van der Waals surface area contributed by atoms with Gasteiger partial charge in [0, 0.05) is 17.2 Å². The Hall–Kier alpha value is -3.68. The lowest BCUT2D eigenvalue weighted by Gasteiger charge is -2.04. The molecule has 0 atom stereocenters. The van der Waals surface area contributed by atoms with Crippen molar-refractivity contribution in [1.82, 2.24) is 0 Å². The standard InChI is InChI=1S/C18H12N2O6/c1-10-12(3-2-4-14(10)20(22)23)17-19-13(18(21)26-17)7-11-5-6-15-16(8-11)25-9-24-15/h2-8H,9H2,1H3/b13-7+. The molecule has 0 bridgehead atoms. The van der Waals surface area contributed by atoms with Crippen LogP contribution in [0.4, 0.5) is 5.69 Å². The molecule has 0 unspecified atom stereocenters. The average Bonchev–Trinajstić information content (AvgIpc) is 3.21. The van der Waals surface area contributed by atoms with Gasteiger partial charge in [-0.15, -0.1) is 0 Å². The molecule has 2 aliphatic rings. The zero-order chi connectivity index (χ0) is 18.3. The molecule has 4 rings (SSSR count). The number of carbonyl (C=O) groups excluding carboxylic acids is 1. The number of hydrogen-bond acceptors (Lipinski definition) is 7. The highest BCUT2D eigenvalue weighted by Gasteiger charge is 2.27. The number of carbonyl (C=O) groups is 1. The van der Waals surface area contributed by atoms with Crippen LogP contribution in [0.1, 0.15) is 16.7 Å². The molecule has 0 amide bonds. The maximum absolute atomic E-state index is 12.1. The summed E-state index contributed by atoms with van der Waals surface area (Å²) in [7, 11) is 0. The highest BCUT2D eigenvalue weighted by molar-refractivity contribution is 6.13. The van der Waals surface area contributed by atoms with Crippen LogP contribution < -0.4 is 9.47 Å². The van der Waals surface area contributed by atoms with E-state index in [9.17, 15) is 14.9 Å². The molecule has 2 heterocycles. The van der Waals surface area contributed by atoms with Crippen LogP contribution in [-0.2, 0) is 9.53 Å². The van der Waals surface area contributed by atoms with Crippen LogP contribution in [0.3, 0.4) is 0 Å². The summed E-state index contributed by atoms with van der Waals surface area (Å²) in [6.45, 7) is 1.75. The Balaban J connectivity index is 1.70. The van der Waals surface area contributed by atoms with Crippen molar-refractivity contribution in [3.63, 3.8) is 0 Å². The summed E-state index contributed by atoms with van der Waals surface area (Å²) >= 11 is 0. The number of hydrogen-bond donors (Lipinski definition) is 0. The van der Waals surface area contributed by atoms with Gasteiger partial charge in [0.15, 0.2) is 17.2 Å². The zero-order valence-electron chi connectivity index (χ0n) is 13.6. The summed E-state index contributed by atoms with van der Waals surface area (Å²) in [5, 5.41) is 11.1. The predicted octanol–water partition coefficient (Wildman–Crippen LogP) is 2.98. The van der Waals surface area contributed by atoms with Crippen LogP contribution in [0.5, 0.6) is 11.5 Å². The van der Waals surface area contributed by atoms with Gasteiger partial charge < -0.3 is 14.2 Å². The molecule has 2 aromatic carbocycles. The zero-order valence-corrected chi connectivity index (χ0v) is 13.6. The smallest absolute Gasteiger partial charge is 0.363 e. The summed E-state index contributed by atoms with van der Waals surface area (Å²) in [5.41, 5.74) is 1.52.